The smallest absolute Gasteiger partial charge is 0.255 e. The van der Waals surface area contributed by atoms with Crippen LogP contribution in [0, 0.1) is 11.3 Å². The number of hydrogen-bond acceptors (Lipinski definition) is 3. The molecule has 2 aromatic carbocycles. The van der Waals surface area contributed by atoms with Crippen molar-refractivity contribution >= 4 is 11.6 Å². The topological polar surface area (TPSA) is 78.9 Å². The lowest BCUT2D eigenvalue weighted by Gasteiger charge is -2.06. The first-order valence-corrected chi connectivity index (χ1v) is 5.83. The van der Waals surface area contributed by atoms with Crippen LogP contribution >= 0.6 is 0 Å². The van der Waals surface area contributed by atoms with Gasteiger partial charge in [-0.05, 0) is 42.0 Å². The van der Waals surface area contributed by atoms with Gasteiger partial charge in [-0.15, -0.1) is 0 Å². The van der Waals surface area contributed by atoms with Crippen LogP contribution in [0.2, 0.25) is 0 Å². The molecule has 0 atom stereocenters. The van der Waals surface area contributed by atoms with Crippen LogP contribution in [-0.2, 0) is 6.54 Å². The second-order valence-corrected chi connectivity index (χ2v) is 4.04. The predicted octanol–water partition coefficient (Wildman–Crippen LogP) is 2.27. The largest absolute Gasteiger partial charge is 0.326 e. The van der Waals surface area contributed by atoms with Crippen molar-refractivity contribution in [3.8, 4) is 6.07 Å². The summed E-state index contributed by atoms with van der Waals surface area (Å²) < 4.78 is 0. The highest BCUT2D eigenvalue weighted by Gasteiger charge is 2.05. The van der Waals surface area contributed by atoms with E-state index in [0.717, 1.165) is 5.56 Å². The van der Waals surface area contributed by atoms with E-state index in [2.05, 4.69) is 5.32 Å². The maximum Gasteiger partial charge on any atom is 0.255 e. The number of nitrogens with one attached hydrogen (secondary N) is 1. The van der Waals surface area contributed by atoms with Gasteiger partial charge in [0.15, 0.2) is 0 Å². The zero-order chi connectivity index (χ0) is 13.7. The summed E-state index contributed by atoms with van der Waals surface area (Å²) in [5.41, 5.74) is 8.28. The molecule has 94 valence electrons. The maximum absolute atomic E-state index is 11.9. The molecule has 4 nitrogen and oxygen atoms in total. The Labute approximate surface area is 111 Å². The summed E-state index contributed by atoms with van der Waals surface area (Å²) in [5.74, 6) is -0.204. The van der Waals surface area contributed by atoms with Gasteiger partial charge in [0.1, 0.15) is 0 Å². The third kappa shape index (κ3) is 3.18. The van der Waals surface area contributed by atoms with E-state index in [1.54, 1.807) is 24.3 Å². The fourth-order valence-corrected chi connectivity index (χ4v) is 1.62. The first-order chi connectivity index (χ1) is 9.22. The van der Waals surface area contributed by atoms with E-state index in [-0.39, 0.29) is 5.91 Å². The van der Waals surface area contributed by atoms with Crippen LogP contribution in [0.15, 0.2) is 48.5 Å². The molecule has 2 rings (SSSR count). The van der Waals surface area contributed by atoms with Gasteiger partial charge in [-0.3, -0.25) is 4.79 Å². The summed E-state index contributed by atoms with van der Waals surface area (Å²) in [4.78, 5) is 11.9. The highest BCUT2D eigenvalue weighted by atomic mass is 16.1. The van der Waals surface area contributed by atoms with Gasteiger partial charge in [0.05, 0.1) is 11.6 Å². The van der Waals surface area contributed by atoms with Crippen molar-refractivity contribution < 1.29 is 4.79 Å². The third-order valence-corrected chi connectivity index (χ3v) is 2.72. The molecule has 2 aromatic rings. The number of amides is 1. The minimum Gasteiger partial charge on any atom is -0.326 e. The minimum atomic E-state index is -0.204. The quantitative estimate of drug-likeness (QED) is 0.878. The van der Waals surface area contributed by atoms with Crippen LogP contribution in [0.5, 0.6) is 0 Å². The molecule has 0 fully saturated rings. The SMILES string of the molecule is N#Cc1ccc(C(=O)Nc2ccc(CN)cc2)cc1. The third-order valence-electron chi connectivity index (χ3n) is 2.72. The van der Waals surface area contributed by atoms with Gasteiger partial charge in [-0.1, -0.05) is 12.1 Å². The standard InChI is InChI=1S/C15H13N3O/c16-9-11-1-5-13(6-2-11)15(19)18-14-7-3-12(10-17)4-8-14/h1-8H,10,17H2,(H,18,19). The molecule has 0 heterocycles. The van der Waals surface area contributed by atoms with Crippen LogP contribution in [-0.4, -0.2) is 5.91 Å². The molecular weight excluding hydrogens is 238 g/mol. The molecule has 0 unspecified atom stereocenters. The fourth-order valence-electron chi connectivity index (χ4n) is 1.62. The second kappa shape index (κ2) is 5.80. The molecule has 19 heavy (non-hydrogen) atoms. The molecule has 1 amide bonds. The van der Waals surface area contributed by atoms with Crippen molar-refractivity contribution in [2.75, 3.05) is 5.32 Å². The van der Waals surface area contributed by atoms with Gasteiger partial charge < -0.3 is 11.1 Å². The van der Waals surface area contributed by atoms with Crippen molar-refractivity contribution in [1.82, 2.24) is 0 Å². The first-order valence-electron chi connectivity index (χ1n) is 5.83. The lowest BCUT2D eigenvalue weighted by Crippen LogP contribution is -2.11. The van der Waals surface area contributed by atoms with Crippen LogP contribution in [0.4, 0.5) is 5.69 Å². The van der Waals surface area contributed by atoms with Gasteiger partial charge in [0.2, 0.25) is 0 Å². The van der Waals surface area contributed by atoms with Gasteiger partial charge in [-0.25, -0.2) is 0 Å². The van der Waals surface area contributed by atoms with Crippen molar-refractivity contribution in [3.05, 3.63) is 65.2 Å². The number of nitrogens with two attached hydrogens (primary N) is 1. The van der Waals surface area contributed by atoms with E-state index >= 15 is 0 Å². The summed E-state index contributed by atoms with van der Waals surface area (Å²) in [6, 6.07) is 15.9. The number of nitriles is 1. The second-order valence-electron chi connectivity index (χ2n) is 4.04. The molecule has 0 radical (unpaired) electrons. The van der Waals surface area contributed by atoms with Gasteiger partial charge in [0, 0.05) is 17.8 Å². The molecule has 0 bridgehead atoms. The van der Waals surface area contributed by atoms with Crippen LogP contribution in [0.3, 0.4) is 0 Å². The van der Waals surface area contributed by atoms with Crippen LogP contribution < -0.4 is 11.1 Å². The van der Waals surface area contributed by atoms with Crippen LogP contribution in [0.1, 0.15) is 21.5 Å². The van der Waals surface area contributed by atoms with E-state index in [1.165, 1.54) is 0 Å². The monoisotopic (exact) mass is 251 g/mol. The van der Waals surface area contributed by atoms with Gasteiger partial charge in [-0.2, -0.15) is 5.26 Å². The fraction of sp³-hybridized carbons (Fsp3) is 0.0667. The Bertz CT molecular complexity index is 609. The molecule has 0 aliphatic rings. The number of benzene rings is 2. The van der Waals surface area contributed by atoms with Crippen molar-refractivity contribution in [2.24, 2.45) is 5.73 Å². The highest BCUT2D eigenvalue weighted by molar-refractivity contribution is 6.04. The molecule has 0 aliphatic carbocycles. The maximum atomic E-state index is 11.9. The predicted molar refractivity (Wildman–Crippen MR) is 73.4 cm³/mol. The lowest BCUT2D eigenvalue weighted by atomic mass is 10.1. The molecule has 0 aromatic heterocycles. The van der Waals surface area contributed by atoms with E-state index in [9.17, 15) is 4.79 Å². The molecular formula is C15H13N3O. The van der Waals surface area contributed by atoms with Gasteiger partial charge >= 0.3 is 0 Å². The van der Waals surface area contributed by atoms with Crippen molar-refractivity contribution in [1.29, 1.82) is 5.26 Å². The summed E-state index contributed by atoms with van der Waals surface area (Å²) in [5, 5.41) is 11.5. The number of nitrogens with zero attached hydrogens (tertiary/aromatic N) is 1. The van der Waals surface area contributed by atoms with E-state index < -0.39 is 0 Å². The molecule has 3 N–H and O–H groups in total. The molecule has 4 heteroatoms. The average Bonchev–Trinajstić information content (AvgIpc) is 2.48. The molecule has 0 aliphatic heterocycles. The van der Waals surface area contributed by atoms with Crippen LogP contribution in [0.25, 0.3) is 0 Å². The number of carbonyl (C=O) groups excluding carboxylic acids is 1. The Morgan fingerprint density at radius 3 is 2.26 bits per heavy atom. The van der Waals surface area contributed by atoms with Crippen molar-refractivity contribution in [3.63, 3.8) is 0 Å². The van der Waals surface area contributed by atoms with E-state index in [4.69, 9.17) is 11.0 Å². The molecule has 0 spiro atoms. The average molecular weight is 251 g/mol. The normalized spacial score (nSPS) is 9.68. The lowest BCUT2D eigenvalue weighted by molar-refractivity contribution is 0.102. The zero-order valence-corrected chi connectivity index (χ0v) is 10.3. The number of anilines is 1. The Morgan fingerprint density at radius 2 is 1.74 bits per heavy atom. The van der Waals surface area contributed by atoms with E-state index in [0.29, 0.717) is 23.4 Å². The Balaban J connectivity index is 2.09. The Morgan fingerprint density at radius 1 is 1.11 bits per heavy atom. The number of hydrogen-bond donors (Lipinski definition) is 2. The number of rotatable bonds is 3. The minimum absolute atomic E-state index is 0.204. The summed E-state index contributed by atoms with van der Waals surface area (Å²) in [6.07, 6.45) is 0. The summed E-state index contributed by atoms with van der Waals surface area (Å²) in [7, 11) is 0. The van der Waals surface area contributed by atoms with Crippen molar-refractivity contribution in [2.45, 2.75) is 6.54 Å². The highest BCUT2D eigenvalue weighted by Crippen LogP contribution is 2.11. The molecule has 0 saturated carbocycles. The first kappa shape index (κ1) is 12.8. The molecule has 0 saturated heterocycles. The number of carbonyl (C=O) groups is 1. The Hall–Kier alpha value is -2.64. The zero-order valence-electron chi connectivity index (χ0n) is 10.3. The Kier molecular flexibility index (Phi) is 3.91. The van der Waals surface area contributed by atoms with E-state index in [1.807, 2.05) is 30.3 Å². The summed E-state index contributed by atoms with van der Waals surface area (Å²) >= 11 is 0. The summed E-state index contributed by atoms with van der Waals surface area (Å²) in [6.45, 7) is 0.476. The van der Waals surface area contributed by atoms with Gasteiger partial charge in [0.25, 0.3) is 5.91 Å².